The average molecular weight is 353 g/mol. The van der Waals surface area contributed by atoms with E-state index >= 15 is 0 Å². The van der Waals surface area contributed by atoms with Crippen molar-refractivity contribution in [2.75, 3.05) is 25.5 Å². The van der Waals surface area contributed by atoms with Crippen molar-refractivity contribution in [1.82, 2.24) is 25.5 Å². The molecule has 0 saturated carbocycles. The van der Waals surface area contributed by atoms with Crippen LogP contribution in [0.25, 0.3) is 5.69 Å². The minimum Gasteiger partial charge on any atom is -0.494 e. The van der Waals surface area contributed by atoms with Crippen LogP contribution < -0.4 is 15.4 Å². The molecular weight excluding hydrogens is 332 g/mol. The van der Waals surface area contributed by atoms with Gasteiger partial charge in [-0.15, -0.1) is 17.5 Å². The second-order valence-electron chi connectivity index (χ2n) is 5.59. The summed E-state index contributed by atoms with van der Waals surface area (Å²) in [6.45, 7) is 2.07. The van der Waals surface area contributed by atoms with E-state index in [2.05, 4.69) is 26.2 Å². The number of benzene rings is 1. The van der Waals surface area contributed by atoms with E-state index < -0.39 is 0 Å². The highest BCUT2D eigenvalue weighted by atomic mass is 35.5. The highest BCUT2D eigenvalue weighted by molar-refractivity contribution is 5.91. The van der Waals surface area contributed by atoms with Crippen molar-refractivity contribution in [3.63, 3.8) is 0 Å². The van der Waals surface area contributed by atoms with Gasteiger partial charge in [0.2, 0.25) is 5.91 Å². The Bertz CT molecular complexity index is 658. The van der Waals surface area contributed by atoms with Gasteiger partial charge in [-0.3, -0.25) is 4.79 Å². The summed E-state index contributed by atoms with van der Waals surface area (Å²) in [5.74, 6) is 1.26. The minimum atomic E-state index is 0. The molecule has 1 amide bonds. The average Bonchev–Trinajstić information content (AvgIpc) is 3.26. The third kappa shape index (κ3) is 4.42. The summed E-state index contributed by atoms with van der Waals surface area (Å²) in [6, 6.07) is 5.39. The third-order valence-corrected chi connectivity index (χ3v) is 4.00. The lowest BCUT2D eigenvalue weighted by Crippen LogP contribution is -2.15. The van der Waals surface area contributed by atoms with Crippen LogP contribution in [0.5, 0.6) is 5.75 Å². The number of hydrogen-bond donors (Lipinski definition) is 2. The number of anilines is 1. The van der Waals surface area contributed by atoms with Gasteiger partial charge >= 0.3 is 0 Å². The summed E-state index contributed by atoms with van der Waals surface area (Å²) in [6.07, 6.45) is 4.07. The summed E-state index contributed by atoms with van der Waals surface area (Å²) in [5.41, 5.74) is 1.38. The van der Waals surface area contributed by atoms with Gasteiger partial charge in [-0.05, 0) is 60.5 Å². The summed E-state index contributed by atoms with van der Waals surface area (Å²) >= 11 is 0. The number of hydrogen-bond acceptors (Lipinski definition) is 6. The van der Waals surface area contributed by atoms with Gasteiger partial charge in [0.05, 0.1) is 7.11 Å². The molecule has 1 aliphatic rings. The molecule has 1 saturated heterocycles. The fourth-order valence-electron chi connectivity index (χ4n) is 2.74. The zero-order valence-electron chi connectivity index (χ0n) is 13.4. The van der Waals surface area contributed by atoms with E-state index in [4.69, 9.17) is 4.74 Å². The number of tetrazole rings is 1. The molecule has 0 aliphatic carbocycles. The molecule has 1 aromatic carbocycles. The molecular formula is C15H21ClN6O2. The van der Waals surface area contributed by atoms with E-state index in [1.165, 1.54) is 11.0 Å². The van der Waals surface area contributed by atoms with Gasteiger partial charge in [0.15, 0.2) is 0 Å². The Kier molecular flexibility index (Phi) is 6.51. The SMILES string of the molecule is COc1ccc(NC(=O)CCC2CCNC2)cc1-n1cnnn1.Cl. The molecule has 8 nitrogen and oxygen atoms in total. The van der Waals surface area contributed by atoms with Crippen LogP contribution in [0.1, 0.15) is 19.3 Å². The molecule has 2 heterocycles. The molecule has 0 spiro atoms. The van der Waals surface area contributed by atoms with E-state index in [-0.39, 0.29) is 18.3 Å². The van der Waals surface area contributed by atoms with Gasteiger partial charge < -0.3 is 15.4 Å². The Hall–Kier alpha value is -2.19. The molecule has 9 heteroatoms. The largest absolute Gasteiger partial charge is 0.494 e. The number of nitrogens with one attached hydrogen (secondary N) is 2. The highest BCUT2D eigenvalue weighted by Crippen LogP contribution is 2.25. The van der Waals surface area contributed by atoms with Crippen LogP contribution in [0, 0.1) is 5.92 Å². The maximum Gasteiger partial charge on any atom is 0.224 e. The molecule has 2 aromatic rings. The quantitative estimate of drug-likeness (QED) is 0.816. The van der Waals surface area contributed by atoms with Gasteiger partial charge in [-0.25, -0.2) is 0 Å². The van der Waals surface area contributed by atoms with Gasteiger partial charge in [0.1, 0.15) is 17.8 Å². The van der Waals surface area contributed by atoms with Gasteiger partial charge in [-0.2, -0.15) is 4.68 Å². The molecule has 1 aliphatic heterocycles. The second kappa shape index (κ2) is 8.60. The number of nitrogens with zero attached hydrogens (tertiary/aromatic N) is 4. The third-order valence-electron chi connectivity index (χ3n) is 4.00. The summed E-state index contributed by atoms with van der Waals surface area (Å²) in [4.78, 5) is 12.1. The molecule has 24 heavy (non-hydrogen) atoms. The summed E-state index contributed by atoms with van der Waals surface area (Å²) in [5, 5.41) is 17.3. The number of halogens is 1. The Balaban J connectivity index is 0.00000208. The Morgan fingerprint density at radius 3 is 3.04 bits per heavy atom. The van der Waals surface area contributed by atoms with Crippen molar-refractivity contribution < 1.29 is 9.53 Å². The zero-order chi connectivity index (χ0) is 16.1. The monoisotopic (exact) mass is 352 g/mol. The molecule has 130 valence electrons. The molecule has 0 bridgehead atoms. The van der Waals surface area contributed by atoms with Crippen LogP contribution in [-0.4, -0.2) is 46.3 Å². The lowest BCUT2D eigenvalue weighted by atomic mass is 10.0. The first-order valence-electron chi connectivity index (χ1n) is 7.68. The maximum absolute atomic E-state index is 12.1. The molecule has 1 aromatic heterocycles. The number of carbonyl (C=O) groups excluding carboxylic acids is 1. The topological polar surface area (TPSA) is 94.0 Å². The maximum atomic E-state index is 12.1. The summed E-state index contributed by atoms with van der Waals surface area (Å²) in [7, 11) is 1.58. The fraction of sp³-hybridized carbons (Fsp3) is 0.467. The fourth-order valence-corrected chi connectivity index (χ4v) is 2.74. The first-order chi connectivity index (χ1) is 11.3. The molecule has 0 radical (unpaired) electrons. The highest BCUT2D eigenvalue weighted by Gasteiger charge is 2.16. The van der Waals surface area contributed by atoms with Gasteiger partial charge in [0, 0.05) is 12.1 Å². The first kappa shape index (κ1) is 18.2. The number of amides is 1. The van der Waals surface area contributed by atoms with Crippen molar-refractivity contribution in [3.8, 4) is 11.4 Å². The standard InChI is InChI=1S/C15H20N6O2.ClH/c1-23-14-4-3-12(8-13(14)21-10-17-19-20-21)18-15(22)5-2-11-6-7-16-9-11;/h3-4,8,10-11,16H,2,5-7,9H2,1H3,(H,18,22);1H. The second-order valence-corrected chi connectivity index (χ2v) is 5.59. The van der Waals surface area contributed by atoms with E-state index in [9.17, 15) is 4.79 Å². The van der Waals surface area contributed by atoms with Crippen molar-refractivity contribution >= 4 is 24.0 Å². The molecule has 1 unspecified atom stereocenters. The van der Waals surface area contributed by atoms with E-state index in [1.54, 1.807) is 19.2 Å². The van der Waals surface area contributed by atoms with Gasteiger partial charge in [0.25, 0.3) is 0 Å². The molecule has 1 fully saturated rings. The van der Waals surface area contributed by atoms with E-state index in [0.29, 0.717) is 29.5 Å². The lowest BCUT2D eigenvalue weighted by molar-refractivity contribution is -0.116. The van der Waals surface area contributed by atoms with Crippen LogP contribution in [-0.2, 0) is 4.79 Å². The van der Waals surface area contributed by atoms with Crippen LogP contribution in [0.4, 0.5) is 5.69 Å². The number of methoxy groups -OCH3 is 1. The predicted molar refractivity (Wildman–Crippen MR) is 91.8 cm³/mol. The van der Waals surface area contributed by atoms with Crippen molar-refractivity contribution in [2.24, 2.45) is 5.92 Å². The summed E-state index contributed by atoms with van der Waals surface area (Å²) < 4.78 is 6.81. The number of rotatable bonds is 6. The Labute approximate surface area is 146 Å². The van der Waals surface area contributed by atoms with Crippen molar-refractivity contribution in [2.45, 2.75) is 19.3 Å². The van der Waals surface area contributed by atoms with Crippen LogP contribution in [0.3, 0.4) is 0 Å². The minimum absolute atomic E-state index is 0. The van der Waals surface area contributed by atoms with Crippen LogP contribution in [0.2, 0.25) is 0 Å². The number of ether oxygens (including phenoxy) is 1. The Morgan fingerprint density at radius 2 is 2.38 bits per heavy atom. The normalized spacial score (nSPS) is 16.5. The molecule has 1 atom stereocenters. The predicted octanol–water partition coefficient (Wildman–Crippen LogP) is 1.42. The van der Waals surface area contributed by atoms with Crippen LogP contribution >= 0.6 is 12.4 Å². The smallest absolute Gasteiger partial charge is 0.224 e. The zero-order valence-corrected chi connectivity index (χ0v) is 14.3. The van der Waals surface area contributed by atoms with E-state index in [0.717, 1.165) is 25.9 Å². The first-order valence-corrected chi connectivity index (χ1v) is 7.68. The lowest BCUT2D eigenvalue weighted by Gasteiger charge is -2.12. The van der Waals surface area contributed by atoms with Gasteiger partial charge in [-0.1, -0.05) is 0 Å². The van der Waals surface area contributed by atoms with Crippen molar-refractivity contribution in [1.29, 1.82) is 0 Å². The number of carbonyl (C=O) groups is 1. The Morgan fingerprint density at radius 1 is 1.50 bits per heavy atom. The molecule has 2 N–H and O–H groups in total. The molecule has 3 rings (SSSR count). The number of aromatic nitrogens is 4. The van der Waals surface area contributed by atoms with Crippen LogP contribution in [0.15, 0.2) is 24.5 Å². The van der Waals surface area contributed by atoms with E-state index in [1.807, 2.05) is 6.07 Å². The van der Waals surface area contributed by atoms with Crippen molar-refractivity contribution in [3.05, 3.63) is 24.5 Å².